The smallest absolute Gasteiger partial charge is 0.304 e. The molecule has 0 aliphatic heterocycles. The highest BCUT2D eigenvalue weighted by atomic mass is 16.4. The molecule has 1 atom stereocenters. The number of benzene rings is 1. The van der Waals surface area contributed by atoms with Crippen molar-refractivity contribution in [3.63, 3.8) is 0 Å². The van der Waals surface area contributed by atoms with Gasteiger partial charge in [0.15, 0.2) is 5.78 Å². The molecule has 3 heteroatoms. The van der Waals surface area contributed by atoms with Crippen LogP contribution < -0.4 is 0 Å². The van der Waals surface area contributed by atoms with E-state index in [0.717, 1.165) is 11.1 Å². The Bertz CT molecular complexity index is 421. The van der Waals surface area contributed by atoms with Crippen LogP contribution in [-0.4, -0.2) is 16.9 Å². The highest BCUT2D eigenvalue weighted by Gasteiger charge is 2.19. The topological polar surface area (TPSA) is 54.4 Å². The molecule has 0 amide bonds. The Labute approximate surface area is 95.1 Å². The Morgan fingerprint density at radius 1 is 1.31 bits per heavy atom. The van der Waals surface area contributed by atoms with Crippen molar-refractivity contribution in [3.05, 3.63) is 34.9 Å². The van der Waals surface area contributed by atoms with Crippen molar-refractivity contribution in [2.24, 2.45) is 5.92 Å². The Balaban J connectivity index is 2.92. The minimum absolute atomic E-state index is 0.0973. The fourth-order valence-electron chi connectivity index (χ4n) is 1.71. The molecule has 1 aromatic rings. The van der Waals surface area contributed by atoms with Crippen LogP contribution in [0.1, 0.15) is 34.8 Å². The van der Waals surface area contributed by atoms with Crippen LogP contribution in [0.25, 0.3) is 0 Å². The van der Waals surface area contributed by atoms with Gasteiger partial charge < -0.3 is 5.11 Å². The SMILES string of the molecule is Cc1ccc(C(=O)C(C)CC(=O)O)c(C)c1. The number of carboxylic acids is 1. The predicted molar refractivity (Wildman–Crippen MR) is 61.7 cm³/mol. The van der Waals surface area contributed by atoms with Gasteiger partial charge in [0, 0.05) is 11.5 Å². The van der Waals surface area contributed by atoms with E-state index in [1.165, 1.54) is 0 Å². The number of carbonyl (C=O) groups is 2. The monoisotopic (exact) mass is 220 g/mol. The summed E-state index contributed by atoms with van der Waals surface area (Å²) in [6.45, 7) is 5.48. The van der Waals surface area contributed by atoms with E-state index < -0.39 is 11.9 Å². The molecule has 0 radical (unpaired) electrons. The van der Waals surface area contributed by atoms with Gasteiger partial charge in [-0.2, -0.15) is 0 Å². The average molecular weight is 220 g/mol. The van der Waals surface area contributed by atoms with Crippen LogP contribution >= 0.6 is 0 Å². The molecule has 0 aliphatic carbocycles. The normalized spacial score (nSPS) is 12.2. The van der Waals surface area contributed by atoms with Gasteiger partial charge in [0.2, 0.25) is 0 Å². The molecule has 0 fully saturated rings. The Morgan fingerprint density at radius 3 is 2.44 bits per heavy atom. The number of aliphatic carboxylic acids is 1. The van der Waals surface area contributed by atoms with E-state index in [-0.39, 0.29) is 12.2 Å². The first-order valence-electron chi connectivity index (χ1n) is 5.25. The van der Waals surface area contributed by atoms with Crippen LogP contribution in [0.4, 0.5) is 0 Å². The lowest BCUT2D eigenvalue weighted by Crippen LogP contribution is -2.16. The number of aryl methyl sites for hydroxylation is 2. The van der Waals surface area contributed by atoms with Crippen LogP contribution in [0.15, 0.2) is 18.2 Å². The number of hydrogen-bond donors (Lipinski definition) is 1. The third-order valence-electron chi connectivity index (χ3n) is 2.58. The molecule has 0 saturated heterocycles. The molecule has 0 heterocycles. The molecular weight excluding hydrogens is 204 g/mol. The van der Waals surface area contributed by atoms with Gasteiger partial charge in [-0.25, -0.2) is 0 Å². The van der Waals surface area contributed by atoms with Crippen molar-refractivity contribution in [2.45, 2.75) is 27.2 Å². The average Bonchev–Trinajstić information content (AvgIpc) is 2.15. The van der Waals surface area contributed by atoms with E-state index in [2.05, 4.69) is 0 Å². The Hall–Kier alpha value is -1.64. The zero-order valence-electron chi connectivity index (χ0n) is 9.78. The van der Waals surface area contributed by atoms with Crippen LogP contribution in [0.2, 0.25) is 0 Å². The number of Topliss-reactive ketones (excluding diaryl/α,β-unsaturated/α-hetero) is 1. The molecule has 0 spiro atoms. The lowest BCUT2D eigenvalue weighted by atomic mass is 9.93. The minimum Gasteiger partial charge on any atom is -0.481 e. The summed E-state index contributed by atoms with van der Waals surface area (Å²) in [4.78, 5) is 22.5. The summed E-state index contributed by atoms with van der Waals surface area (Å²) in [5.41, 5.74) is 2.63. The molecule has 1 unspecified atom stereocenters. The second kappa shape index (κ2) is 4.92. The van der Waals surface area contributed by atoms with Crippen molar-refractivity contribution < 1.29 is 14.7 Å². The van der Waals surface area contributed by atoms with Crippen LogP contribution in [0, 0.1) is 19.8 Å². The maximum atomic E-state index is 11.9. The molecule has 0 saturated carbocycles. The van der Waals surface area contributed by atoms with Gasteiger partial charge in [0.1, 0.15) is 0 Å². The molecule has 1 rings (SSSR count). The fourth-order valence-corrected chi connectivity index (χ4v) is 1.71. The molecular formula is C13H16O3. The number of ketones is 1. The summed E-state index contributed by atoms with van der Waals surface area (Å²) in [7, 11) is 0. The third kappa shape index (κ3) is 2.92. The third-order valence-corrected chi connectivity index (χ3v) is 2.58. The maximum absolute atomic E-state index is 11.9. The Morgan fingerprint density at radius 2 is 1.94 bits per heavy atom. The molecule has 16 heavy (non-hydrogen) atoms. The Kier molecular flexibility index (Phi) is 3.82. The first kappa shape index (κ1) is 12.4. The van der Waals surface area contributed by atoms with Crippen LogP contribution in [-0.2, 0) is 4.79 Å². The number of carboxylic acid groups (broad SMARTS) is 1. The van der Waals surface area contributed by atoms with Crippen molar-refractivity contribution >= 4 is 11.8 Å². The summed E-state index contributed by atoms with van der Waals surface area (Å²) in [6.07, 6.45) is -0.119. The highest BCUT2D eigenvalue weighted by molar-refractivity contribution is 6.00. The molecule has 1 N–H and O–H groups in total. The molecule has 1 aromatic carbocycles. The molecule has 3 nitrogen and oxygen atoms in total. The zero-order valence-corrected chi connectivity index (χ0v) is 9.78. The van der Waals surface area contributed by atoms with Crippen molar-refractivity contribution in [2.75, 3.05) is 0 Å². The van der Waals surface area contributed by atoms with Gasteiger partial charge in [-0.15, -0.1) is 0 Å². The van der Waals surface area contributed by atoms with E-state index >= 15 is 0 Å². The summed E-state index contributed by atoms with van der Waals surface area (Å²) >= 11 is 0. The number of carbonyl (C=O) groups excluding carboxylic acids is 1. The van der Waals surface area contributed by atoms with E-state index in [4.69, 9.17) is 5.11 Å². The molecule has 86 valence electrons. The largest absolute Gasteiger partial charge is 0.481 e. The van der Waals surface area contributed by atoms with Crippen molar-refractivity contribution in [1.82, 2.24) is 0 Å². The van der Waals surface area contributed by atoms with Crippen molar-refractivity contribution in [3.8, 4) is 0 Å². The predicted octanol–water partition coefficient (Wildman–Crippen LogP) is 2.60. The van der Waals surface area contributed by atoms with E-state index in [1.807, 2.05) is 26.0 Å². The van der Waals surface area contributed by atoms with Gasteiger partial charge in [-0.05, 0) is 19.4 Å². The van der Waals surface area contributed by atoms with E-state index in [9.17, 15) is 9.59 Å². The lowest BCUT2D eigenvalue weighted by molar-refractivity contribution is -0.137. The maximum Gasteiger partial charge on any atom is 0.304 e. The van der Waals surface area contributed by atoms with Gasteiger partial charge in [-0.3, -0.25) is 9.59 Å². The molecule has 0 bridgehead atoms. The van der Waals surface area contributed by atoms with Gasteiger partial charge in [0.25, 0.3) is 0 Å². The quantitative estimate of drug-likeness (QED) is 0.793. The van der Waals surface area contributed by atoms with Gasteiger partial charge in [0.05, 0.1) is 6.42 Å². The number of hydrogen-bond acceptors (Lipinski definition) is 2. The van der Waals surface area contributed by atoms with Gasteiger partial charge in [-0.1, -0.05) is 30.7 Å². The highest BCUT2D eigenvalue weighted by Crippen LogP contribution is 2.17. The van der Waals surface area contributed by atoms with Crippen molar-refractivity contribution in [1.29, 1.82) is 0 Å². The number of rotatable bonds is 4. The summed E-state index contributed by atoms with van der Waals surface area (Å²) < 4.78 is 0. The summed E-state index contributed by atoms with van der Waals surface area (Å²) in [6, 6.07) is 5.57. The molecule has 0 aromatic heterocycles. The lowest BCUT2D eigenvalue weighted by Gasteiger charge is -2.10. The second-order valence-corrected chi connectivity index (χ2v) is 4.18. The summed E-state index contributed by atoms with van der Waals surface area (Å²) in [5, 5.41) is 8.64. The van der Waals surface area contributed by atoms with E-state index in [1.54, 1.807) is 13.0 Å². The first-order valence-corrected chi connectivity index (χ1v) is 5.25. The zero-order chi connectivity index (χ0) is 12.3. The van der Waals surface area contributed by atoms with Crippen LogP contribution in [0.5, 0.6) is 0 Å². The molecule has 0 aliphatic rings. The van der Waals surface area contributed by atoms with E-state index in [0.29, 0.717) is 5.56 Å². The standard InChI is InChI=1S/C13H16O3/c1-8-4-5-11(9(2)6-8)13(16)10(3)7-12(14)15/h4-6,10H,7H2,1-3H3,(H,14,15). The second-order valence-electron chi connectivity index (χ2n) is 4.18. The minimum atomic E-state index is -0.939. The summed E-state index contributed by atoms with van der Waals surface area (Å²) in [5.74, 6) is -1.51. The van der Waals surface area contributed by atoms with Crippen LogP contribution in [0.3, 0.4) is 0 Å². The fraction of sp³-hybridized carbons (Fsp3) is 0.385. The first-order chi connectivity index (χ1) is 7.41. The van der Waals surface area contributed by atoms with Gasteiger partial charge >= 0.3 is 5.97 Å².